The van der Waals surface area contributed by atoms with Crippen molar-refractivity contribution in [2.75, 3.05) is 7.11 Å². The quantitative estimate of drug-likeness (QED) is 0.738. The van der Waals surface area contributed by atoms with E-state index in [-0.39, 0.29) is 17.8 Å². The average molecular weight is 391 g/mol. The number of aliphatic hydroxyl groups excluding tert-OH is 1. The molecular weight excluding hydrogens is 366 g/mol. The zero-order chi connectivity index (χ0) is 20.5. The van der Waals surface area contributed by atoms with Crippen molar-refractivity contribution in [2.24, 2.45) is 0 Å². The van der Waals surface area contributed by atoms with Crippen LogP contribution in [0.15, 0.2) is 41.2 Å². The Kier molecular flexibility index (Phi) is 5.16. The Morgan fingerprint density at radius 2 is 1.90 bits per heavy atom. The third kappa shape index (κ3) is 3.54. The number of methoxy groups -OCH3 is 1. The minimum Gasteiger partial charge on any atom is -0.496 e. The van der Waals surface area contributed by atoms with Gasteiger partial charge in [0.2, 0.25) is 0 Å². The van der Waals surface area contributed by atoms with Crippen LogP contribution in [0.3, 0.4) is 0 Å². The molecule has 0 spiro atoms. The molecule has 29 heavy (non-hydrogen) atoms. The Labute approximate surface area is 169 Å². The number of benzene rings is 2. The van der Waals surface area contributed by atoms with Crippen molar-refractivity contribution >= 4 is 11.0 Å². The molecular formula is C23H25N3O3. The summed E-state index contributed by atoms with van der Waals surface area (Å²) in [5, 5.41) is 19.2. The van der Waals surface area contributed by atoms with Crippen LogP contribution in [0.2, 0.25) is 0 Å². The van der Waals surface area contributed by atoms with Gasteiger partial charge in [0.1, 0.15) is 5.75 Å². The van der Waals surface area contributed by atoms with Gasteiger partial charge >= 0.3 is 5.69 Å². The Bertz CT molecular complexity index is 1140. The maximum Gasteiger partial charge on any atom is 0.329 e. The van der Waals surface area contributed by atoms with Crippen LogP contribution in [0.1, 0.15) is 48.4 Å². The fraction of sp³-hybridized carbons (Fsp3) is 0.391. The summed E-state index contributed by atoms with van der Waals surface area (Å²) in [6, 6.07) is 13.6. The zero-order valence-electron chi connectivity index (χ0n) is 16.8. The van der Waals surface area contributed by atoms with Crippen LogP contribution in [0.25, 0.3) is 11.0 Å². The lowest BCUT2D eigenvalue weighted by Crippen LogP contribution is -2.31. The number of aryl methyl sites for hydroxylation is 1. The molecule has 1 N–H and O–H groups in total. The van der Waals surface area contributed by atoms with Crippen LogP contribution in [0, 0.1) is 18.3 Å². The molecule has 0 unspecified atom stereocenters. The second kappa shape index (κ2) is 7.76. The highest BCUT2D eigenvalue weighted by Crippen LogP contribution is 2.31. The van der Waals surface area contributed by atoms with Crippen LogP contribution in [-0.4, -0.2) is 27.5 Å². The van der Waals surface area contributed by atoms with E-state index in [4.69, 9.17) is 4.74 Å². The molecule has 0 saturated heterocycles. The molecule has 0 bridgehead atoms. The average Bonchev–Trinajstić information content (AvgIpc) is 3.00. The monoisotopic (exact) mass is 391 g/mol. The number of aliphatic hydroxyl groups is 1. The summed E-state index contributed by atoms with van der Waals surface area (Å²) in [7, 11) is 1.64. The molecule has 1 saturated carbocycles. The molecule has 1 aliphatic carbocycles. The summed E-state index contributed by atoms with van der Waals surface area (Å²) >= 11 is 0. The Morgan fingerprint density at radius 3 is 2.55 bits per heavy atom. The topological polar surface area (TPSA) is 80.2 Å². The van der Waals surface area contributed by atoms with Crippen molar-refractivity contribution in [2.45, 2.75) is 51.3 Å². The van der Waals surface area contributed by atoms with Crippen molar-refractivity contribution in [3.8, 4) is 11.8 Å². The lowest BCUT2D eigenvalue weighted by atomic mass is 9.93. The summed E-state index contributed by atoms with van der Waals surface area (Å²) in [6.45, 7) is 2.41. The van der Waals surface area contributed by atoms with E-state index < -0.39 is 0 Å². The zero-order valence-corrected chi connectivity index (χ0v) is 16.8. The van der Waals surface area contributed by atoms with Gasteiger partial charge in [-0.15, -0.1) is 0 Å². The van der Waals surface area contributed by atoms with Gasteiger partial charge in [-0.1, -0.05) is 12.1 Å². The van der Waals surface area contributed by atoms with Crippen molar-refractivity contribution < 1.29 is 9.84 Å². The van der Waals surface area contributed by atoms with Gasteiger partial charge in [0, 0.05) is 6.04 Å². The number of nitrogens with zero attached hydrogens (tertiary/aromatic N) is 3. The number of hydrogen-bond acceptors (Lipinski definition) is 4. The van der Waals surface area contributed by atoms with Gasteiger partial charge in [-0.25, -0.2) is 4.79 Å². The molecule has 6 nitrogen and oxygen atoms in total. The first-order chi connectivity index (χ1) is 14.0. The van der Waals surface area contributed by atoms with E-state index in [2.05, 4.69) is 6.07 Å². The molecule has 1 aromatic heterocycles. The predicted molar refractivity (Wildman–Crippen MR) is 111 cm³/mol. The van der Waals surface area contributed by atoms with Gasteiger partial charge in [0.25, 0.3) is 0 Å². The Morgan fingerprint density at radius 1 is 1.14 bits per heavy atom. The first-order valence-electron chi connectivity index (χ1n) is 9.98. The van der Waals surface area contributed by atoms with Crippen molar-refractivity contribution in [3.05, 3.63) is 63.6 Å². The molecule has 6 heteroatoms. The van der Waals surface area contributed by atoms with Gasteiger partial charge in [0.05, 0.1) is 42.4 Å². The molecule has 0 aliphatic heterocycles. The summed E-state index contributed by atoms with van der Waals surface area (Å²) in [6.07, 6.45) is 2.70. The molecule has 0 amide bonds. The number of rotatable bonds is 4. The molecule has 0 atom stereocenters. The molecule has 3 aromatic rings. The van der Waals surface area contributed by atoms with Gasteiger partial charge in [0.15, 0.2) is 0 Å². The predicted octanol–water partition coefficient (Wildman–Crippen LogP) is 3.52. The van der Waals surface area contributed by atoms with E-state index in [9.17, 15) is 15.2 Å². The molecule has 1 heterocycles. The maximum absolute atomic E-state index is 13.4. The highest BCUT2D eigenvalue weighted by molar-refractivity contribution is 5.78. The Balaban J connectivity index is 1.82. The smallest absolute Gasteiger partial charge is 0.329 e. The van der Waals surface area contributed by atoms with Crippen molar-refractivity contribution in [1.82, 2.24) is 9.13 Å². The number of nitriles is 1. The second-order valence-corrected chi connectivity index (χ2v) is 7.82. The van der Waals surface area contributed by atoms with Crippen LogP contribution < -0.4 is 10.4 Å². The van der Waals surface area contributed by atoms with E-state index in [1.54, 1.807) is 23.8 Å². The summed E-state index contributed by atoms with van der Waals surface area (Å²) in [5.41, 5.74) is 4.11. The normalized spacial score (nSPS) is 19.2. The van der Waals surface area contributed by atoms with E-state index in [0.717, 1.165) is 40.8 Å². The number of aromatic nitrogens is 2. The van der Waals surface area contributed by atoms with E-state index in [1.165, 1.54) is 0 Å². The van der Waals surface area contributed by atoms with Gasteiger partial charge < -0.3 is 9.84 Å². The fourth-order valence-corrected chi connectivity index (χ4v) is 4.39. The molecule has 0 radical (unpaired) electrons. The van der Waals surface area contributed by atoms with Gasteiger partial charge in [-0.05, 0) is 68.0 Å². The highest BCUT2D eigenvalue weighted by Gasteiger charge is 2.25. The lowest BCUT2D eigenvalue weighted by molar-refractivity contribution is 0.110. The summed E-state index contributed by atoms with van der Waals surface area (Å²) < 4.78 is 8.95. The van der Waals surface area contributed by atoms with Crippen LogP contribution in [0.4, 0.5) is 0 Å². The van der Waals surface area contributed by atoms with E-state index in [1.807, 2.05) is 35.8 Å². The van der Waals surface area contributed by atoms with Gasteiger partial charge in [-0.2, -0.15) is 5.26 Å². The highest BCUT2D eigenvalue weighted by atomic mass is 16.5. The lowest BCUT2D eigenvalue weighted by Gasteiger charge is -2.26. The number of hydrogen-bond donors (Lipinski definition) is 1. The molecule has 2 aromatic carbocycles. The molecule has 1 aliphatic rings. The van der Waals surface area contributed by atoms with Gasteiger partial charge in [-0.3, -0.25) is 9.13 Å². The molecule has 150 valence electrons. The standard InChI is InChI=1S/C23H25N3O3/c1-15-11-17(4-10-22(15)29-2)14-25-21-12-16(13-24)3-9-20(21)26(23(25)28)18-5-7-19(27)8-6-18/h3-4,9-12,18-19,27H,5-8,14H2,1-2H3. The van der Waals surface area contributed by atoms with Crippen molar-refractivity contribution in [1.29, 1.82) is 5.26 Å². The minimum absolute atomic E-state index is 0.0649. The summed E-state index contributed by atoms with van der Waals surface area (Å²) in [5.74, 6) is 0.816. The van der Waals surface area contributed by atoms with Crippen LogP contribution in [0.5, 0.6) is 5.75 Å². The number of ether oxygens (including phenoxy) is 1. The van der Waals surface area contributed by atoms with Crippen LogP contribution in [-0.2, 0) is 6.54 Å². The maximum atomic E-state index is 13.4. The molecule has 4 rings (SSSR count). The first kappa shape index (κ1) is 19.3. The summed E-state index contributed by atoms with van der Waals surface area (Å²) in [4.78, 5) is 13.4. The second-order valence-electron chi connectivity index (χ2n) is 7.82. The SMILES string of the molecule is COc1ccc(Cn2c(=O)n(C3CCC(O)CC3)c3ccc(C#N)cc32)cc1C. The fourth-order valence-electron chi connectivity index (χ4n) is 4.39. The van der Waals surface area contributed by atoms with Crippen LogP contribution >= 0.6 is 0 Å². The van der Waals surface area contributed by atoms with E-state index in [0.29, 0.717) is 24.9 Å². The third-order valence-electron chi connectivity index (χ3n) is 5.92. The Hall–Kier alpha value is -3.04. The molecule has 1 fully saturated rings. The van der Waals surface area contributed by atoms with E-state index >= 15 is 0 Å². The largest absolute Gasteiger partial charge is 0.496 e. The third-order valence-corrected chi connectivity index (χ3v) is 5.92. The minimum atomic E-state index is -0.275. The number of imidazole rings is 1. The number of fused-ring (bicyclic) bond motifs is 1. The first-order valence-corrected chi connectivity index (χ1v) is 9.98. The van der Waals surface area contributed by atoms with Crippen molar-refractivity contribution in [3.63, 3.8) is 0 Å².